The molecule has 1 fully saturated rings. The number of pyridine rings is 1. The van der Waals surface area contributed by atoms with Gasteiger partial charge in [-0.05, 0) is 43.7 Å². The Morgan fingerprint density at radius 3 is 2.90 bits per heavy atom. The van der Waals surface area contributed by atoms with Crippen LogP contribution in [0, 0.1) is 0 Å². The Morgan fingerprint density at radius 1 is 1.20 bits per heavy atom. The van der Waals surface area contributed by atoms with Crippen molar-refractivity contribution in [2.24, 2.45) is 5.73 Å². The maximum absolute atomic E-state index is 6.52. The van der Waals surface area contributed by atoms with Crippen molar-refractivity contribution in [2.45, 2.75) is 68.6 Å². The van der Waals surface area contributed by atoms with E-state index < -0.39 is 0 Å². The van der Waals surface area contributed by atoms with Gasteiger partial charge in [-0.1, -0.05) is 25.3 Å². The van der Waals surface area contributed by atoms with Gasteiger partial charge in [-0.2, -0.15) is 11.8 Å². The van der Waals surface area contributed by atoms with Crippen molar-refractivity contribution in [3.63, 3.8) is 0 Å². The molecule has 0 saturated heterocycles. The van der Waals surface area contributed by atoms with Crippen LogP contribution < -0.4 is 5.73 Å². The Hall–Kier alpha value is -0.540. The largest absolute Gasteiger partial charge is 0.326 e. The zero-order chi connectivity index (χ0) is 13.8. The van der Waals surface area contributed by atoms with E-state index in [1.54, 1.807) is 0 Å². The minimum atomic E-state index is 0.274. The van der Waals surface area contributed by atoms with E-state index >= 15 is 0 Å². The molecule has 110 valence electrons. The Bertz CT molecular complexity index is 429. The molecule has 20 heavy (non-hydrogen) atoms. The third-order valence-electron chi connectivity index (χ3n) is 4.83. The molecular weight excluding hydrogens is 264 g/mol. The van der Waals surface area contributed by atoms with Crippen LogP contribution in [0.15, 0.2) is 18.3 Å². The van der Waals surface area contributed by atoms with Gasteiger partial charge >= 0.3 is 0 Å². The van der Waals surface area contributed by atoms with Crippen LogP contribution in [-0.4, -0.2) is 22.0 Å². The smallest absolute Gasteiger partial charge is 0.0482 e. The van der Waals surface area contributed by atoms with Crippen LogP contribution in [0.25, 0.3) is 0 Å². The lowest BCUT2D eigenvalue weighted by Crippen LogP contribution is -2.34. The van der Waals surface area contributed by atoms with E-state index in [0.717, 1.165) is 11.0 Å². The van der Waals surface area contributed by atoms with Crippen molar-refractivity contribution >= 4 is 11.8 Å². The van der Waals surface area contributed by atoms with Crippen LogP contribution in [0.4, 0.5) is 0 Å². The number of nitrogens with two attached hydrogens (primary N) is 1. The van der Waals surface area contributed by atoms with Gasteiger partial charge in [0.05, 0.1) is 0 Å². The van der Waals surface area contributed by atoms with Gasteiger partial charge in [0.15, 0.2) is 0 Å². The molecule has 1 aromatic heterocycles. The molecule has 1 heterocycles. The highest BCUT2D eigenvalue weighted by Crippen LogP contribution is 2.35. The lowest BCUT2D eigenvalue weighted by atomic mass is 9.83. The molecule has 0 aromatic carbocycles. The second kappa shape index (κ2) is 6.95. The number of aromatic nitrogens is 1. The number of hydrogen-bond donors (Lipinski definition) is 1. The minimum absolute atomic E-state index is 0.274. The van der Waals surface area contributed by atoms with Crippen molar-refractivity contribution in [3.05, 3.63) is 29.6 Å². The second-order valence-corrected chi connectivity index (χ2v) is 7.64. The summed E-state index contributed by atoms with van der Waals surface area (Å²) in [5.74, 6) is 1.58. The predicted molar refractivity (Wildman–Crippen MR) is 87.2 cm³/mol. The molecule has 0 spiro atoms. The van der Waals surface area contributed by atoms with E-state index in [9.17, 15) is 0 Å². The van der Waals surface area contributed by atoms with E-state index in [4.69, 9.17) is 5.73 Å². The fourth-order valence-corrected chi connectivity index (χ4v) is 5.05. The number of fused-ring (bicyclic) bond motifs is 1. The molecule has 2 aliphatic rings. The molecule has 0 aliphatic heterocycles. The van der Waals surface area contributed by atoms with Gasteiger partial charge in [-0.3, -0.25) is 4.98 Å². The highest BCUT2D eigenvalue weighted by Gasteiger charge is 2.27. The van der Waals surface area contributed by atoms with E-state index in [1.165, 1.54) is 62.6 Å². The highest BCUT2D eigenvalue weighted by atomic mass is 32.2. The molecule has 0 amide bonds. The van der Waals surface area contributed by atoms with E-state index in [2.05, 4.69) is 28.9 Å². The van der Waals surface area contributed by atoms with Crippen LogP contribution in [-0.2, 0) is 6.42 Å². The van der Waals surface area contributed by atoms with Crippen molar-refractivity contribution in [1.82, 2.24) is 4.98 Å². The summed E-state index contributed by atoms with van der Waals surface area (Å²) in [7, 11) is 0. The molecular formula is C17H26N2S. The Labute approximate surface area is 126 Å². The van der Waals surface area contributed by atoms with E-state index in [1.807, 2.05) is 6.20 Å². The third-order valence-corrected chi connectivity index (χ3v) is 6.35. The van der Waals surface area contributed by atoms with Gasteiger partial charge in [0.25, 0.3) is 0 Å². The van der Waals surface area contributed by atoms with Crippen LogP contribution in [0.2, 0.25) is 0 Å². The predicted octanol–water partition coefficient (Wildman–Crippen LogP) is 3.89. The fourth-order valence-electron chi connectivity index (χ4n) is 3.66. The van der Waals surface area contributed by atoms with Gasteiger partial charge < -0.3 is 5.73 Å². The van der Waals surface area contributed by atoms with Gasteiger partial charge in [0, 0.05) is 34.9 Å². The number of aryl methyl sites for hydroxylation is 1. The summed E-state index contributed by atoms with van der Waals surface area (Å²) in [4.78, 5) is 4.63. The van der Waals surface area contributed by atoms with Gasteiger partial charge in [0.2, 0.25) is 0 Å². The summed E-state index contributed by atoms with van der Waals surface area (Å²) in [6.45, 7) is 0. The molecule has 3 heteroatoms. The first-order valence-corrected chi connectivity index (χ1v) is 9.20. The molecule has 0 bridgehead atoms. The quantitative estimate of drug-likeness (QED) is 0.914. The van der Waals surface area contributed by atoms with Crippen molar-refractivity contribution < 1.29 is 0 Å². The molecule has 2 unspecified atom stereocenters. The number of nitrogens with zero attached hydrogens (tertiary/aromatic N) is 1. The third kappa shape index (κ3) is 3.37. The summed E-state index contributed by atoms with van der Waals surface area (Å²) >= 11 is 2.12. The maximum atomic E-state index is 6.52. The summed E-state index contributed by atoms with van der Waals surface area (Å²) in [6.07, 6.45) is 12.7. The summed E-state index contributed by atoms with van der Waals surface area (Å²) < 4.78 is 0. The minimum Gasteiger partial charge on any atom is -0.326 e. The first-order chi connectivity index (χ1) is 9.84. The summed E-state index contributed by atoms with van der Waals surface area (Å²) in [5, 5.41) is 0.863. The van der Waals surface area contributed by atoms with E-state index in [0.29, 0.717) is 5.92 Å². The number of hydrogen-bond acceptors (Lipinski definition) is 3. The molecule has 3 rings (SSSR count). The van der Waals surface area contributed by atoms with Crippen molar-refractivity contribution in [1.29, 1.82) is 0 Å². The molecule has 2 aliphatic carbocycles. The van der Waals surface area contributed by atoms with Gasteiger partial charge in [0.1, 0.15) is 0 Å². The number of rotatable bonds is 4. The average Bonchev–Trinajstić information content (AvgIpc) is 2.53. The topological polar surface area (TPSA) is 38.9 Å². The molecule has 2 atom stereocenters. The zero-order valence-electron chi connectivity index (χ0n) is 12.3. The lowest BCUT2D eigenvalue weighted by Gasteiger charge is -2.30. The van der Waals surface area contributed by atoms with Crippen LogP contribution in [0.3, 0.4) is 0 Å². The monoisotopic (exact) mass is 290 g/mol. The summed E-state index contributed by atoms with van der Waals surface area (Å²) in [6, 6.07) is 4.56. The highest BCUT2D eigenvalue weighted by molar-refractivity contribution is 7.99. The SMILES string of the molecule is NC(CSC1CCCCC1)C1CCCc2cccnc21. The lowest BCUT2D eigenvalue weighted by molar-refractivity contribution is 0.474. The standard InChI is InChI=1S/C17H26N2S/c18-16(12-20-14-8-2-1-3-9-14)15-10-4-6-13-7-5-11-19-17(13)15/h5,7,11,14-16H,1-4,6,8-10,12,18H2. The van der Waals surface area contributed by atoms with Crippen LogP contribution >= 0.6 is 11.8 Å². The molecule has 0 radical (unpaired) electrons. The first kappa shape index (κ1) is 14.4. The molecule has 1 aromatic rings. The first-order valence-electron chi connectivity index (χ1n) is 8.15. The van der Waals surface area contributed by atoms with Gasteiger partial charge in [-0.25, -0.2) is 0 Å². The van der Waals surface area contributed by atoms with Crippen LogP contribution in [0.1, 0.15) is 62.1 Å². The number of thioether (sulfide) groups is 1. The maximum Gasteiger partial charge on any atom is 0.0482 e. The van der Waals surface area contributed by atoms with Crippen molar-refractivity contribution in [3.8, 4) is 0 Å². The fraction of sp³-hybridized carbons (Fsp3) is 0.706. The Kier molecular flexibility index (Phi) is 5.00. The second-order valence-electron chi connectivity index (χ2n) is 6.30. The zero-order valence-corrected chi connectivity index (χ0v) is 13.1. The molecule has 2 N–H and O–H groups in total. The Balaban J connectivity index is 1.58. The van der Waals surface area contributed by atoms with Crippen LogP contribution in [0.5, 0.6) is 0 Å². The Morgan fingerprint density at radius 2 is 2.05 bits per heavy atom. The van der Waals surface area contributed by atoms with Gasteiger partial charge in [-0.15, -0.1) is 0 Å². The average molecular weight is 290 g/mol. The molecule has 2 nitrogen and oxygen atoms in total. The normalized spacial score (nSPS) is 25.1. The molecule has 1 saturated carbocycles. The summed E-state index contributed by atoms with van der Waals surface area (Å²) in [5.41, 5.74) is 9.24. The van der Waals surface area contributed by atoms with Crippen molar-refractivity contribution in [2.75, 3.05) is 5.75 Å². The van der Waals surface area contributed by atoms with E-state index in [-0.39, 0.29) is 6.04 Å².